The number of ether oxygens (including phenoxy) is 2. The van der Waals surface area contributed by atoms with E-state index < -0.39 is 0 Å². The third kappa shape index (κ3) is 14.3. The maximum atomic E-state index is 12.5. The molecule has 3 heteroatoms. The van der Waals surface area contributed by atoms with Gasteiger partial charge in [-0.3, -0.25) is 4.79 Å². The van der Waals surface area contributed by atoms with Gasteiger partial charge in [-0.05, 0) is 59.7 Å². The Labute approximate surface area is 275 Å². The summed E-state index contributed by atoms with van der Waals surface area (Å²) in [5.41, 5.74) is 5.73. The second-order valence-corrected chi connectivity index (χ2v) is 12.7. The van der Waals surface area contributed by atoms with Crippen molar-refractivity contribution in [3.63, 3.8) is 0 Å². The molecule has 0 saturated carbocycles. The summed E-state index contributed by atoms with van der Waals surface area (Å²) in [4.78, 5) is 12.5. The number of carbonyl (C=O) groups excluding carboxylic acids is 1. The summed E-state index contributed by atoms with van der Waals surface area (Å²) in [6.07, 6.45) is 21.9. The van der Waals surface area contributed by atoms with Gasteiger partial charge >= 0.3 is 5.97 Å². The van der Waals surface area contributed by atoms with Crippen LogP contribution in [0.4, 0.5) is 0 Å². The molecular weight excluding hydrogens is 552 g/mol. The Bertz CT molecular complexity index is 1180. The van der Waals surface area contributed by atoms with Gasteiger partial charge in [0.2, 0.25) is 0 Å². The van der Waals surface area contributed by atoms with Gasteiger partial charge in [0.15, 0.2) is 0 Å². The predicted octanol–water partition coefficient (Wildman–Crippen LogP) is 13.1. The highest BCUT2D eigenvalue weighted by Crippen LogP contribution is 2.34. The van der Waals surface area contributed by atoms with E-state index in [-0.39, 0.29) is 12.1 Å². The SMILES string of the molecule is CCCCCCCCCCCCC(=O)OC(C)c1ccc(-c2ccccc2-c2ccc(OCCCCCCCCC)cc2)cc1. The number of hydrogen-bond donors (Lipinski definition) is 0. The summed E-state index contributed by atoms with van der Waals surface area (Å²) >= 11 is 0. The van der Waals surface area contributed by atoms with Gasteiger partial charge in [-0.15, -0.1) is 0 Å². The molecule has 0 saturated heterocycles. The van der Waals surface area contributed by atoms with Gasteiger partial charge in [-0.2, -0.15) is 0 Å². The third-order valence-electron chi connectivity index (χ3n) is 8.84. The molecule has 0 N–H and O–H groups in total. The van der Waals surface area contributed by atoms with Crippen LogP contribution in [0.15, 0.2) is 72.8 Å². The zero-order chi connectivity index (χ0) is 32.0. The van der Waals surface area contributed by atoms with Gasteiger partial charge < -0.3 is 9.47 Å². The lowest BCUT2D eigenvalue weighted by atomic mass is 9.93. The van der Waals surface area contributed by atoms with Crippen LogP contribution >= 0.6 is 0 Å². The van der Waals surface area contributed by atoms with E-state index in [1.165, 1.54) is 107 Å². The Kier molecular flexibility index (Phi) is 18.1. The van der Waals surface area contributed by atoms with Crippen molar-refractivity contribution in [2.75, 3.05) is 6.61 Å². The van der Waals surface area contributed by atoms with Crippen LogP contribution in [0.25, 0.3) is 22.3 Å². The van der Waals surface area contributed by atoms with Crippen LogP contribution in [-0.2, 0) is 9.53 Å². The van der Waals surface area contributed by atoms with Gasteiger partial charge in [0.1, 0.15) is 11.9 Å². The fourth-order valence-electron chi connectivity index (χ4n) is 5.98. The molecule has 0 aliphatic carbocycles. The first-order valence-electron chi connectivity index (χ1n) is 18.2. The van der Waals surface area contributed by atoms with Gasteiger partial charge in [-0.1, -0.05) is 171 Å². The Morgan fingerprint density at radius 1 is 0.556 bits per heavy atom. The summed E-state index contributed by atoms with van der Waals surface area (Å²) in [6, 6.07) is 25.5. The molecule has 0 bridgehead atoms. The number of rotatable bonds is 24. The van der Waals surface area contributed by atoms with Crippen molar-refractivity contribution in [3.8, 4) is 28.0 Å². The molecule has 0 heterocycles. The molecule has 0 spiro atoms. The standard InChI is InChI=1S/C42H60O3/c1-4-6-8-10-12-13-14-15-17-19-25-42(43)45-35(3)36-26-28-37(29-27-36)40-23-20-21-24-41(40)38-30-32-39(33-31-38)44-34-22-18-16-11-9-7-5-2/h20-21,23-24,26-33,35H,4-19,22,25,34H2,1-3H3. The second kappa shape index (κ2) is 22.4. The van der Waals surface area contributed by atoms with Gasteiger partial charge in [0.05, 0.1) is 6.61 Å². The average Bonchev–Trinajstić information content (AvgIpc) is 3.07. The predicted molar refractivity (Wildman–Crippen MR) is 192 cm³/mol. The van der Waals surface area contributed by atoms with Crippen molar-refractivity contribution in [2.24, 2.45) is 0 Å². The van der Waals surface area contributed by atoms with Gasteiger partial charge in [0, 0.05) is 6.42 Å². The van der Waals surface area contributed by atoms with Crippen molar-refractivity contribution in [1.82, 2.24) is 0 Å². The average molecular weight is 613 g/mol. The Morgan fingerprint density at radius 3 is 1.51 bits per heavy atom. The number of esters is 1. The number of hydrogen-bond acceptors (Lipinski definition) is 3. The second-order valence-electron chi connectivity index (χ2n) is 12.7. The normalized spacial score (nSPS) is 11.8. The van der Waals surface area contributed by atoms with Crippen molar-refractivity contribution in [2.45, 2.75) is 142 Å². The molecule has 0 aliphatic rings. The largest absolute Gasteiger partial charge is 0.494 e. The highest BCUT2D eigenvalue weighted by Gasteiger charge is 2.13. The molecule has 3 aromatic carbocycles. The topological polar surface area (TPSA) is 35.5 Å². The molecule has 1 unspecified atom stereocenters. The lowest BCUT2D eigenvalue weighted by molar-refractivity contribution is -0.148. The highest BCUT2D eigenvalue weighted by atomic mass is 16.5. The number of carbonyl (C=O) groups is 1. The Balaban J connectivity index is 1.42. The van der Waals surface area contributed by atoms with E-state index >= 15 is 0 Å². The molecule has 0 fully saturated rings. The minimum absolute atomic E-state index is 0.0914. The summed E-state index contributed by atoms with van der Waals surface area (Å²) in [5, 5.41) is 0. The van der Waals surface area contributed by atoms with Crippen LogP contribution in [-0.4, -0.2) is 12.6 Å². The Morgan fingerprint density at radius 2 is 1.00 bits per heavy atom. The summed E-state index contributed by atoms with van der Waals surface area (Å²) in [6.45, 7) is 7.27. The molecule has 1 atom stereocenters. The maximum Gasteiger partial charge on any atom is 0.306 e. The van der Waals surface area contributed by atoms with E-state index in [1.807, 2.05) is 6.92 Å². The summed E-state index contributed by atoms with van der Waals surface area (Å²) < 4.78 is 11.8. The molecule has 0 amide bonds. The van der Waals surface area contributed by atoms with E-state index in [1.54, 1.807) is 0 Å². The molecule has 0 aromatic heterocycles. The van der Waals surface area contributed by atoms with Crippen LogP contribution in [0.3, 0.4) is 0 Å². The van der Waals surface area contributed by atoms with Crippen molar-refractivity contribution < 1.29 is 14.3 Å². The first kappa shape index (κ1) is 36.4. The van der Waals surface area contributed by atoms with Gasteiger partial charge in [-0.25, -0.2) is 0 Å². The van der Waals surface area contributed by atoms with E-state index in [2.05, 4.69) is 86.6 Å². The molecule has 3 nitrogen and oxygen atoms in total. The molecule has 246 valence electrons. The lowest BCUT2D eigenvalue weighted by Gasteiger charge is -2.15. The van der Waals surface area contributed by atoms with E-state index in [0.29, 0.717) is 6.42 Å². The first-order chi connectivity index (χ1) is 22.1. The van der Waals surface area contributed by atoms with E-state index in [0.717, 1.165) is 42.7 Å². The van der Waals surface area contributed by atoms with Crippen LogP contribution < -0.4 is 4.74 Å². The minimum atomic E-state index is -0.251. The van der Waals surface area contributed by atoms with Gasteiger partial charge in [0.25, 0.3) is 0 Å². The third-order valence-corrected chi connectivity index (χ3v) is 8.84. The molecule has 45 heavy (non-hydrogen) atoms. The van der Waals surface area contributed by atoms with Crippen LogP contribution in [0.1, 0.15) is 148 Å². The molecule has 0 radical (unpaired) electrons. The van der Waals surface area contributed by atoms with E-state index in [4.69, 9.17) is 9.47 Å². The molecule has 3 rings (SSSR count). The van der Waals surface area contributed by atoms with Crippen molar-refractivity contribution in [3.05, 3.63) is 78.4 Å². The fourth-order valence-corrected chi connectivity index (χ4v) is 5.98. The Hall–Kier alpha value is -3.07. The molecular formula is C42H60O3. The monoisotopic (exact) mass is 612 g/mol. The van der Waals surface area contributed by atoms with Crippen molar-refractivity contribution >= 4 is 5.97 Å². The van der Waals surface area contributed by atoms with Crippen LogP contribution in [0.2, 0.25) is 0 Å². The smallest absolute Gasteiger partial charge is 0.306 e. The minimum Gasteiger partial charge on any atom is -0.494 e. The van der Waals surface area contributed by atoms with Crippen molar-refractivity contribution in [1.29, 1.82) is 0 Å². The molecule has 0 aliphatic heterocycles. The zero-order valence-corrected chi connectivity index (χ0v) is 28.7. The highest BCUT2D eigenvalue weighted by molar-refractivity contribution is 5.83. The quantitative estimate of drug-likeness (QED) is 0.0745. The van der Waals surface area contributed by atoms with Crippen LogP contribution in [0, 0.1) is 0 Å². The molecule has 3 aromatic rings. The first-order valence-corrected chi connectivity index (χ1v) is 18.2. The number of benzene rings is 3. The van der Waals surface area contributed by atoms with Crippen LogP contribution in [0.5, 0.6) is 5.75 Å². The summed E-state index contributed by atoms with van der Waals surface area (Å²) in [7, 11) is 0. The summed E-state index contributed by atoms with van der Waals surface area (Å²) in [5.74, 6) is 0.842. The maximum absolute atomic E-state index is 12.5. The fraction of sp³-hybridized carbons (Fsp3) is 0.548. The number of unbranched alkanes of at least 4 members (excludes halogenated alkanes) is 15. The van der Waals surface area contributed by atoms with E-state index in [9.17, 15) is 4.79 Å². The zero-order valence-electron chi connectivity index (χ0n) is 28.7. The lowest BCUT2D eigenvalue weighted by Crippen LogP contribution is -2.08.